The first-order chi connectivity index (χ1) is 8.78. The van der Waals surface area contributed by atoms with Gasteiger partial charge in [-0.2, -0.15) is 0 Å². The Morgan fingerprint density at radius 2 is 2.06 bits per heavy atom. The van der Waals surface area contributed by atoms with Crippen LogP contribution in [0.2, 0.25) is 0 Å². The molecule has 0 saturated carbocycles. The van der Waals surface area contributed by atoms with Crippen molar-refractivity contribution in [3.63, 3.8) is 0 Å². The molecule has 0 aliphatic heterocycles. The molecule has 0 aliphatic carbocycles. The van der Waals surface area contributed by atoms with Crippen molar-refractivity contribution in [2.24, 2.45) is 0 Å². The Bertz CT molecular complexity index is 482. The summed E-state index contributed by atoms with van der Waals surface area (Å²) in [7, 11) is 1.87. The maximum Gasteiger partial charge on any atom is 0.162 e. The molecule has 96 valence electrons. The second kappa shape index (κ2) is 6.68. The second-order valence-corrected chi connectivity index (χ2v) is 4.85. The highest BCUT2D eigenvalue weighted by molar-refractivity contribution is 9.10. The molecule has 0 bridgehead atoms. The predicted molar refractivity (Wildman–Crippen MR) is 71.9 cm³/mol. The minimum absolute atomic E-state index is 0.437. The number of nitrogens with zero attached hydrogens (tertiary/aromatic N) is 1. The van der Waals surface area contributed by atoms with E-state index in [-0.39, 0.29) is 0 Å². The van der Waals surface area contributed by atoms with E-state index in [9.17, 15) is 0 Å². The molecule has 18 heavy (non-hydrogen) atoms. The number of benzene rings is 1. The lowest BCUT2D eigenvalue weighted by molar-refractivity contribution is 0.0883. The van der Waals surface area contributed by atoms with E-state index in [4.69, 9.17) is 9.26 Å². The van der Waals surface area contributed by atoms with Gasteiger partial charge in [0.2, 0.25) is 0 Å². The van der Waals surface area contributed by atoms with Crippen molar-refractivity contribution in [2.45, 2.75) is 19.8 Å². The Kier molecular flexibility index (Phi) is 4.92. The Labute approximate surface area is 114 Å². The standard InChI is InChI=1S/C13H15BrN2O2/c1-15-7-12-6-13(18-16-12)9-17-8-10-2-4-11(14)5-3-10/h2-6,15H,7-9H2,1H3. The molecule has 1 heterocycles. The molecule has 1 aromatic carbocycles. The summed E-state index contributed by atoms with van der Waals surface area (Å²) < 4.78 is 11.8. The summed E-state index contributed by atoms with van der Waals surface area (Å²) in [5.41, 5.74) is 2.02. The van der Waals surface area contributed by atoms with Gasteiger partial charge in [0.25, 0.3) is 0 Å². The molecule has 0 atom stereocenters. The largest absolute Gasteiger partial charge is 0.369 e. The zero-order valence-corrected chi connectivity index (χ0v) is 11.7. The number of halogens is 1. The van der Waals surface area contributed by atoms with Crippen LogP contribution in [0.25, 0.3) is 0 Å². The van der Waals surface area contributed by atoms with Gasteiger partial charge in [-0.3, -0.25) is 0 Å². The van der Waals surface area contributed by atoms with E-state index in [0.717, 1.165) is 21.5 Å². The van der Waals surface area contributed by atoms with Crippen LogP contribution in [-0.2, 0) is 24.5 Å². The fourth-order valence-electron chi connectivity index (χ4n) is 1.54. The van der Waals surface area contributed by atoms with Crippen LogP contribution in [0, 0.1) is 0 Å². The lowest BCUT2D eigenvalue weighted by atomic mass is 10.2. The molecule has 1 N–H and O–H groups in total. The van der Waals surface area contributed by atoms with Crippen molar-refractivity contribution >= 4 is 15.9 Å². The fourth-order valence-corrected chi connectivity index (χ4v) is 1.80. The maximum absolute atomic E-state index is 5.57. The topological polar surface area (TPSA) is 47.3 Å². The molecular formula is C13H15BrN2O2. The monoisotopic (exact) mass is 310 g/mol. The zero-order chi connectivity index (χ0) is 12.8. The van der Waals surface area contributed by atoms with Gasteiger partial charge in [0.15, 0.2) is 5.76 Å². The van der Waals surface area contributed by atoms with Crippen LogP contribution in [0.5, 0.6) is 0 Å². The molecule has 4 nitrogen and oxygen atoms in total. The molecule has 0 saturated heterocycles. The summed E-state index contributed by atoms with van der Waals surface area (Å²) in [4.78, 5) is 0. The minimum Gasteiger partial charge on any atom is -0.369 e. The molecule has 0 fully saturated rings. The van der Waals surface area contributed by atoms with Crippen LogP contribution >= 0.6 is 15.9 Å². The zero-order valence-electron chi connectivity index (χ0n) is 10.1. The van der Waals surface area contributed by atoms with Gasteiger partial charge in [-0.25, -0.2) is 0 Å². The molecular weight excluding hydrogens is 296 g/mol. The average Bonchev–Trinajstić information content (AvgIpc) is 2.80. The van der Waals surface area contributed by atoms with Crippen LogP contribution in [0.15, 0.2) is 39.3 Å². The van der Waals surface area contributed by atoms with Crippen LogP contribution in [0.4, 0.5) is 0 Å². The summed E-state index contributed by atoms with van der Waals surface area (Å²) in [6.07, 6.45) is 0. The average molecular weight is 311 g/mol. The van der Waals surface area contributed by atoms with Crippen molar-refractivity contribution in [2.75, 3.05) is 7.05 Å². The third kappa shape index (κ3) is 3.94. The Balaban J connectivity index is 1.79. The van der Waals surface area contributed by atoms with Gasteiger partial charge >= 0.3 is 0 Å². The van der Waals surface area contributed by atoms with Gasteiger partial charge in [-0.1, -0.05) is 33.2 Å². The van der Waals surface area contributed by atoms with E-state index < -0.39 is 0 Å². The normalized spacial score (nSPS) is 10.8. The van der Waals surface area contributed by atoms with Gasteiger partial charge in [-0.15, -0.1) is 0 Å². The van der Waals surface area contributed by atoms with Gasteiger partial charge in [0, 0.05) is 17.1 Å². The Morgan fingerprint density at radius 3 is 2.78 bits per heavy atom. The van der Waals surface area contributed by atoms with Gasteiger partial charge in [-0.05, 0) is 24.7 Å². The molecule has 1 aromatic heterocycles. The first-order valence-corrected chi connectivity index (χ1v) is 6.48. The van der Waals surface area contributed by atoms with Crippen LogP contribution < -0.4 is 5.32 Å². The molecule has 2 rings (SSSR count). The van der Waals surface area contributed by atoms with Crippen molar-refractivity contribution in [3.05, 3.63) is 51.8 Å². The van der Waals surface area contributed by atoms with Crippen LogP contribution in [-0.4, -0.2) is 12.2 Å². The second-order valence-electron chi connectivity index (χ2n) is 3.93. The smallest absolute Gasteiger partial charge is 0.162 e. The Hall–Kier alpha value is -1.17. The van der Waals surface area contributed by atoms with E-state index in [2.05, 4.69) is 26.4 Å². The van der Waals surface area contributed by atoms with Crippen molar-refractivity contribution in [1.29, 1.82) is 0 Å². The third-order valence-corrected chi connectivity index (χ3v) is 2.92. The molecule has 0 aliphatic rings. The lowest BCUT2D eigenvalue weighted by Gasteiger charge is -2.01. The first-order valence-electron chi connectivity index (χ1n) is 5.69. The first kappa shape index (κ1) is 13.3. The summed E-state index contributed by atoms with van der Waals surface area (Å²) in [5, 5.41) is 6.94. The highest BCUT2D eigenvalue weighted by Crippen LogP contribution is 2.12. The number of nitrogens with one attached hydrogen (secondary N) is 1. The molecule has 0 radical (unpaired) electrons. The number of aromatic nitrogens is 1. The van der Waals surface area contributed by atoms with Crippen molar-refractivity contribution < 1.29 is 9.26 Å². The van der Waals surface area contributed by atoms with Gasteiger partial charge < -0.3 is 14.6 Å². The number of ether oxygens (including phenoxy) is 1. The molecule has 0 spiro atoms. The molecule has 0 amide bonds. The Morgan fingerprint density at radius 1 is 1.28 bits per heavy atom. The van der Waals surface area contributed by atoms with E-state index in [0.29, 0.717) is 19.8 Å². The SMILES string of the molecule is CNCc1cc(COCc2ccc(Br)cc2)on1. The summed E-state index contributed by atoms with van der Waals surface area (Å²) >= 11 is 3.40. The third-order valence-electron chi connectivity index (χ3n) is 2.39. The summed E-state index contributed by atoms with van der Waals surface area (Å²) in [6.45, 7) is 1.71. The van der Waals surface area contributed by atoms with Crippen molar-refractivity contribution in [1.82, 2.24) is 10.5 Å². The molecule has 0 unspecified atom stereocenters. The summed E-state index contributed by atoms with van der Waals surface area (Å²) in [5.74, 6) is 0.748. The molecule has 2 aromatic rings. The number of hydrogen-bond donors (Lipinski definition) is 1. The van der Waals surface area contributed by atoms with E-state index in [1.807, 2.05) is 37.4 Å². The number of rotatable bonds is 6. The van der Waals surface area contributed by atoms with Crippen LogP contribution in [0.3, 0.4) is 0 Å². The van der Waals surface area contributed by atoms with Gasteiger partial charge in [0.05, 0.1) is 12.3 Å². The van der Waals surface area contributed by atoms with E-state index >= 15 is 0 Å². The van der Waals surface area contributed by atoms with Crippen LogP contribution in [0.1, 0.15) is 17.0 Å². The highest BCUT2D eigenvalue weighted by Gasteiger charge is 2.03. The number of hydrogen-bond acceptors (Lipinski definition) is 4. The highest BCUT2D eigenvalue weighted by atomic mass is 79.9. The predicted octanol–water partition coefficient (Wildman–Crippen LogP) is 2.87. The quantitative estimate of drug-likeness (QED) is 0.891. The summed E-state index contributed by atoms with van der Waals surface area (Å²) in [6, 6.07) is 9.95. The molecule has 5 heteroatoms. The minimum atomic E-state index is 0.437. The fraction of sp³-hybridized carbons (Fsp3) is 0.308. The lowest BCUT2D eigenvalue weighted by Crippen LogP contribution is -2.04. The van der Waals surface area contributed by atoms with E-state index in [1.165, 1.54) is 0 Å². The maximum atomic E-state index is 5.57. The van der Waals surface area contributed by atoms with Crippen molar-refractivity contribution in [3.8, 4) is 0 Å². The van der Waals surface area contributed by atoms with E-state index in [1.54, 1.807) is 0 Å². The van der Waals surface area contributed by atoms with Gasteiger partial charge in [0.1, 0.15) is 6.61 Å².